The van der Waals surface area contributed by atoms with Crippen molar-refractivity contribution in [2.24, 2.45) is 0 Å². The highest BCUT2D eigenvalue weighted by Gasteiger charge is 2.24. The van der Waals surface area contributed by atoms with Crippen LogP contribution in [0.4, 0.5) is 0 Å². The molecular formula is C37H52O7. The Labute approximate surface area is 264 Å². The molecule has 0 saturated carbocycles. The Morgan fingerprint density at radius 1 is 0.568 bits per heavy atom. The zero-order valence-corrected chi connectivity index (χ0v) is 27.2. The average Bonchev–Trinajstić information content (AvgIpc) is 3.01. The molecule has 0 atom stereocenters. The van der Waals surface area contributed by atoms with Gasteiger partial charge >= 0.3 is 17.9 Å². The lowest BCUT2D eigenvalue weighted by Gasteiger charge is -2.23. The topological polar surface area (TPSA) is 88.1 Å². The summed E-state index contributed by atoms with van der Waals surface area (Å²) in [5.74, 6) is 0.542. The molecule has 0 radical (unpaired) electrons. The summed E-state index contributed by atoms with van der Waals surface area (Å²) in [6, 6.07) is 8.82. The van der Waals surface area contributed by atoms with E-state index in [0.717, 1.165) is 107 Å². The number of carbonyl (C=O) groups is 3. The molecule has 0 unspecified atom stereocenters. The molecule has 0 spiro atoms. The van der Waals surface area contributed by atoms with E-state index in [1.807, 2.05) is 6.07 Å². The SMILES string of the molecule is CCCCCCCC(=O)Oc1ccc2c(c1)OCc1cc(OC(=O)CCCCCCC)c(OC(=O)CCCCCCC)cc1-2. The van der Waals surface area contributed by atoms with E-state index >= 15 is 0 Å². The summed E-state index contributed by atoms with van der Waals surface area (Å²) < 4.78 is 23.2. The highest BCUT2D eigenvalue weighted by atomic mass is 16.6. The zero-order valence-electron chi connectivity index (χ0n) is 27.2. The minimum atomic E-state index is -0.345. The van der Waals surface area contributed by atoms with Gasteiger partial charge in [0.15, 0.2) is 11.5 Å². The summed E-state index contributed by atoms with van der Waals surface area (Å²) in [7, 11) is 0. The molecule has 7 heteroatoms. The first-order valence-corrected chi connectivity index (χ1v) is 17.0. The van der Waals surface area contributed by atoms with E-state index in [-0.39, 0.29) is 36.0 Å². The summed E-state index contributed by atoms with van der Waals surface area (Å²) >= 11 is 0. The standard InChI is InChI=1S/C37H52O7/c1-4-7-10-13-16-19-35(38)42-29-22-23-30-31-26-34(44-37(40)21-18-15-12-9-6-3)33(24-28(31)27-41-32(30)25-29)43-36(39)20-17-14-11-8-5-2/h22-26H,4-21,27H2,1-3H3. The summed E-state index contributed by atoms with van der Waals surface area (Å²) in [6.07, 6.45) is 16.6. The number of hydrogen-bond donors (Lipinski definition) is 0. The molecule has 0 aliphatic carbocycles. The lowest BCUT2D eigenvalue weighted by Crippen LogP contribution is -2.14. The minimum absolute atomic E-state index is 0.230. The Balaban J connectivity index is 1.73. The van der Waals surface area contributed by atoms with Crippen LogP contribution in [0.1, 0.15) is 142 Å². The number of hydrogen-bond acceptors (Lipinski definition) is 7. The molecule has 0 N–H and O–H groups in total. The fourth-order valence-corrected chi connectivity index (χ4v) is 5.34. The minimum Gasteiger partial charge on any atom is -0.488 e. The molecule has 0 fully saturated rings. The molecule has 1 heterocycles. The number of benzene rings is 2. The summed E-state index contributed by atoms with van der Waals surface area (Å²) in [6.45, 7) is 6.72. The predicted molar refractivity (Wildman–Crippen MR) is 173 cm³/mol. The maximum atomic E-state index is 12.8. The van der Waals surface area contributed by atoms with Crippen molar-refractivity contribution in [2.45, 2.75) is 143 Å². The second-order valence-electron chi connectivity index (χ2n) is 11.8. The number of fused-ring (bicyclic) bond motifs is 3. The maximum Gasteiger partial charge on any atom is 0.311 e. The molecule has 2 aromatic rings. The van der Waals surface area contributed by atoms with Gasteiger partial charge in [0.1, 0.15) is 18.1 Å². The monoisotopic (exact) mass is 608 g/mol. The van der Waals surface area contributed by atoms with Gasteiger partial charge in [0.2, 0.25) is 0 Å². The van der Waals surface area contributed by atoms with E-state index in [4.69, 9.17) is 18.9 Å². The number of ether oxygens (including phenoxy) is 4. The van der Waals surface area contributed by atoms with E-state index in [1.54, 1.807) is 24.3 Å². The highest BCUT2D eigenvalue weighted by Crippen LogP contribution is 2.44. The molecule has 7 nitrogen and oxygen atoms in total. The molecule has 0 bridgehead atoms. The smallest absolute Gasteiger partial charge is 0.311 e. The van der Waals surface area contributed by atoms with Gasteiger partial charge < -0.3 is 18.9 Å². The van der Waals surface area contributed by atoms with Crippen molar-refractivity contribution >= 4 is 17.9 Å². The number of esters is 3. The lowest BCUT2D eigenvalue weighted by atomic mass is 9.96. The quantitative estimate of drug-likeness (QED) is 0.0791. The van der Waals surface area contributed by atoms with Crippen LogP contribution >= 0.6 is 0 Å². The molecule has 1 aliphatic heterocycles. The second-order valence-corrected chi connectivity index (χ2v) is 11.8. The molecule has 0 saturated heterocycles. The maximum absolute atomic E-state index is 12.8. The first-order chi connectivity index (χ1) is 21.4. The van der Waals surface area contributed by atoms with Gasteiger partial charge in [0, 0.05) is 36.5 Å². The Bertz CT molecular complexity index is 1200. The van der Waals surface area contributed by atoms with Crippen LogP contribution in [-0.2, 0) is 21.0 Å². The Kier molecular flexibility index (Phi) is 15.8. The Hall–Kier alpha value is -3.35. The van der Waals surface area contributed by atoms with Crippen molar-refractivity contribution in [1.29, 1.82) is 0 Å². The van der Waals surface area contributed by atoms with Gasteiger partial charge in [-0.15, -0.1) is 0 Å². The van der Waals surface area contributed by atoms with Crippen LogP contribution in [0.25, 0.3) is 11.1 Å². The predicted octanol–water partition coefficient (Wildman–Crippen LogP) is 10.0. The third-order valence-corrected chi connectivity index (χ3v) is 7.93. The van der Waals surface area contributed by atoms with Gasteiger partial charge in [-0.25, -0.2) is 0 Å². The molecule has 1 aliphatic rings. The van der Waals surface area contributed by atoms with E-state index in [0.29, 0.717) is 30.8 Å². The second kappa shape index (κ2) is 19.8. The molecule has 0 aromatic heterocycles. The van der Waals surface area contributed by atoms with Gasteiger partial charge in [-0.2, -0.15) is 0 Å². The summed E-state index contributed by atoms with van der Waals surface area (Å²) in [4.78, 5) is 37.9. The number of carbonyl (C=O) groups excluding carboxylic acids is 3. The van der Waals surface area contributed by atoms with Crippen LogP contribution < -0.4 is 18.9 Å². The van der Waals surface area contributed by atoms with Crippen molar-refractivity contribution in [3.8, 4) is 34.1 Å². The average molecular weight is 609 g/mol. The Morgan fingerprint density at radius 3 is 1.57 bits per heavy atom. The van der Waals surface area contributed by atoms with E-state index in [9.17, 15) is 14.4 Å². The first kappa shape index (κ1) is 35.1. The first-order valence-electron chi connectivity index (χ1n) is 17.0. The molecule has 242 valence electrons. The van der Waals surface area contributed by atoms with Gasteiger partial charge in [-0.3, -0.25) is 14.4 Å². The largest absolute Gasteiger partial charge is 0.488 e. The van der Waals surface area contributed by atoms with Crippen molar-refractivity contribution in [3.05, 3.63) is 35.9 Å². The van der Waals surface area contributed by atoms with Crippen molar-refractivity contribution in [1.82, 2.24) is 0 Å². The molecule has 0 amide bonds. The van der Waals surface area contributed by atoms with Crippen molar-refractivity contribution in [3.63, 3.8) is 0 Å². The van der Waals surface area contributed by atoms with E-state index < -0.39 is 0 Å². The van der Waals surface area contributed by atoms with Gasteiger partial charge in [-0.1, -0.05) is 97.8 Å². The van der Waals surface area contributed by atoms with Crippen molar-refractivity contribution < 1.29 is 33.3 Å². The lowest BCUT2D eigenvalue weighted by molar-refractivity contribution is -0.137. The van der Waals surface area contributed by atoms with Crippen LogP contribution in [0.5, 0.6) is 23.0 Å². The highest BCUT2D eigenvalue weighted by molar-refractivity contribution is 5.82. The van der Waals surface area contributed by atoms with Gasteiger partial charge in [0.25, 0.3) is 0 Å². The molecule has 2 aromatic carbocycles. The van der Waals surface area contributed by atoms with Crippen LogP contribution in [0.2, 0.25) is 0 Å². The fraction of sp³-hybridized carbons (Fsp3) is 0.595. The molecular weight excluding hydrogens is 556 g/mol. The third kappa shape index (κ3) is 12.0. The fourth-order valence-electron chi connectivity index (χ4n) is 5.34. The number of unbranched alkanes of at least 4 members (excludes halogenated alkanes) is 12. The zero-order chi connectivity index (χ0) is 31.6. The normalized spacial score (nSPS) is 11.7. The summed E-state index contributed by atoms with van der Waals surface area (Å²) in [5, 5.41) is 0. The van der Waals surface area contributed by atoms with Gasteiger partial charge in [0.05, 0.1) is 0 Å². The molecule has 3 rings (SSSR count). The van der Waals surface area contributed by atoms with Crippen molar-refractivity contribution in [2.75, 3.05) is 0 Å². The molecule has 44 heavy (non-hydrogen) atoms. The van der Waals surface area contributed by atoms with Crippen LogP contribution in [0.15, 0.2) is 30.3 Å². The third-order valence-electron chi connectivity index (χ3n) is 7.93. The number of rotatable bonds is 21. The van der Waals surface area contributed by atoms with Crippen LogP contribution in [0, 0.1) is 0 Å². The van der Waals surface area contributed by atoms with Crippen LogP contribution in [0.3, 0.4) is 0 Å². The van der Waals surface area contributed by atoms with Gasteiger partial charge in [-0.05, 0) is 49.1 Å². The van der Waals surface area contributed by atoms with E-state index in [2.05, 4.69) is 20.8 Å². The Morgan fingerprint density at radius 2 is 1.05 bits per heavy atom. The van der Waals surface area contributed by atoms with Crippen LogP contribution in [-0.4, -0.2) is 17.9 Å². The summed E-state index contributed by atoms with van der Waals surface area (Å²) in [5.41, 5.74) is 2.43. The van der Waals surface area contributed by atoms with E-state index in [1.165, 1.54) is 6.42 Å².